The van der Waals surface area contributed by atoms with Crippen LogP contribution in [0.25, 0.3) is 22.1 Å². The fraction of sp³-hybridized carbons (Fsp3) is 0.200. The molecule has 146 valence electrons. The monoisotopic (exact) mass is 386 g/mol. The van der Waals surface area contributed by atoms with E-state index in [-0.39, 0.29) is 45.3 Å². The predicted molar refractivity (Wildman–Crippen MR) is 101 cm³/mol. The summed E-state index contributed by atoms with van der Waals surface area (Å²) in [7, 11) is 4.14. The molecule has 0 unspecified atom stereocenters. The molecule has 0 bridgehead atoms. The van der Waals surface area contributed by atoms with E-state index in [1.807, 2.05) is 0 Å². The third-order valence-electron chi connectivity index (χ3n) is 4.10. The Hall–Kier alpha value is -3.68. The number of esters is 1. The number of phenolic OH excluding ortho intramolecular Hbond substituents is 1. The van der Waals surface area contributed by atoms with E-state index in [9.17, 15) is 14.7 Å². The molecule has 0 saturated carbocycles. The van der Waals surface area contributed by atoms with Crippen LogP contribution in [0.1, 0.15) is 6.92 Å². The van der Waals surface area contributed by atoms with Gasteiger partial charge in [-0.2, -0.15) is 0 Å². The third-order valence-corrected chi connectivity index (χ3v) is 4.10. The Kier molecular flexibility index (Phi) is 5.12. The molecule has 0 aliphatic heterocycles. The number of hydrogen-bond donors (Lipinski definition) is 1. The third kappa shape index (κ3) is 3.20. The van der Waals surface area contributed by atoms with Crippen LogP contribution in [0.15, 0.2) is 39.7 Å². The second-order valence-electron chi connectivity index (χ2n) is 5.77. The van der Waals surface area contributed by atoms with Gasteiger partial charge in [-0.15, -0.1) is 0 Å². The number of benzene rings is 2. The Bertz CT molecular complexity index is 1110. The highest BCUT2D eigenvalue weighted by Crippen LogP contribution is 2.43. The molecule has 0 spiro atoms. The van der Waals surface area contributed by atoms with Crippen LogP contribution >= 0.6 is 0 Å². The van der Waals surface area contributed by atoms with Crippen molar-refractivity contribution in [3.05, 3.63) is 40.8 Å². The van der Waals surface area contributed by atoms with Crippen LogP contribution in [0.4, 0.5) is 0 Å². The predicted octanol–water partition coefficient (Wildman–Crippen LogP) is 3.12. The Morgan fingerprint density at radius 2 is 1.71 bits per heavy atom. The first-order valence-electron chi connectivity index (χ1n) is 8.17. The molecule has 8 nitrogen and oxygen atoms in total. The van der Waals surface area contributed by atoms with Gasteiger partial charge in [-0.05, 0) is 17.7 Å². The lowest BCUT2D eigenvalue weighted by atomic mass is 10.0. The number of hydrogen-bond acceptors (Lipinski definition) is 8. The quantitative estimate of drug-likeness (QED) is 0.527. The van der Waals surface area contributed by atoms with Crippen molar-refractivity contribution in [3.63, 3.8) is 0 Å². The molecule has 8 heteroatoms. The van der Waals surface area contributed by atoms with E-state index in [2.05, 4.69) is 0 Å². The Morgan fingerprint density at radius 1 is 1.00 bits per heavy atom. The van der Waals surface area contributed by atoms with Crippen LogP contribution in [-0.2, 0) is 4.79 Å². The second-order valence-corrected chi connectivity index (χ2v) is 5.77. The lowest BCUT2D eigenvalue weighted by molar-refractivity contribution is -0.132. The van der Waals surface area contributed by atoms with Gasteiger partial charge in [-0.1, -0.05) is 6.07 Å². The van der Waals surface area contributed by atoms with Gasteiger partial charge < -0.3 is 28.5 Å². The fourth-order valence-corrected chi connectivity index (χ4v) is 2.84. The van der Waals surface area contributed by atoms with Crippen LogP contribution in [0.2, 0.25) is 0 Å². The molecule has 1 heterocycles. The van der Waals surface area contributed by atoms with E-state index >= 15 is 0 Å². The first kappa shape index (κ1) is 19.1. The normalized spacial score (nSPS) is 10.6. The minimum atomic E-state index is -0.597. The molecule has 1 aromatic heterocycles. The molecule has 2 aromatic carbocycles. The number of methoxy groups -OCH3 is 3. The number of carbonyl (C=O) groups excluding carboxylic acids is 1. The molecule has 0 aliphatic carbocycles. The average Bonchev–Trinajstić information content (AvgIpc) is 2.68. The van der Waals surface area contributed by atoms with Crippen molar-refractivity contribution in [1.29, 1.82) is 0 Å². The summed E-state index contributed by atoms with van der Waals surface area (Å²) in [4.78, 5) is 24.7. The van der Waals surface area contributed by atoms with E-state index in [0.29, 0.717) is 5.56 Å². The summed E-state index contributed by atoms with van der Waals surface area (Å²) >= 11 is 0. The molecule has 0 saturated heterocycles. The summed E-state index contributed by atoms with van der Waals surface area (Å²) in [6.45, 7) is 1.23. The van der Waals surface area contributed by atoms with Crippen molar-refractivity contribution in [2.75, 3.05) is 21.3 Å². The van der Waals surface area contributed by atoms with Crippen LogP contribution < -0.4 is 24.4 Å². The van der Waals surface area contributed by atoms with E-state index in [1.54, 1.807) is 6.07 Å². The molecule has 0 fully saturated rings. The molecule has 3 aromatic rings. The summed E-state index contributed by atoms with van der Waals surface area (Å²) in [6.07, 6.45) is 1.29. The summed E-state index contributed by atoms with van der Waals surface area (Å²) in [5.74, 6) is -0.264. The lowest BCUT2D eigenvalue weighted by Crippen LogP contribution is -2.10. The second kappa shape index (κ2) is 7.51. The summed E-state index contributed by atoms with van der Waals surface area (Å²) in [5, 5.41) is 9.86. The molecule has 0 amide bonds. The van der Waals surface area contributed by atoms with E-state index in [4.69, 9.17) is 23.4 Å². The van der Waals surface area contributed by atoms with Crippen molar-refractivity contribution in [2.24, 2.45) is 0 Å². The number of rotatable bonds is 5. The van der Waals surface area contributed by atoms with Gasteiger partial charge in [0, 0.05) is 13.0 Å². The minimum absolute atomic E-state index is 0.0160. The highest BCUT2D eigenvalue weighted by molar-refractivity contribution is 5.92. The minimum Gasteiger partial charge on any atom is -0.504 e. The standard InChI is InChI=1S/C20H18O8/c1-10(21)28-19-16(25-3)8-15-17(20(19)26-4)18(23)12(9-27-15)11-5-6-13(22)14(7-11)24-2/h5-9,22H,1-4H3. The number of fused-ring (bicyclic) bond motifs is 1. The Labute approximate surface area is 159 Å². The molecular formula is C20H18O8. The van der Waals surface area contributed by atoms with Gasteiger partial charge >= 0.3 is 5.97 Å². The Balaban J connectivity index is 2.34. The molecular weight excluding hydrogens is 368 g/mol. The van der Waals surface area contributed by atoms with Crippen LogP contribution in [0.5, 0.6) is 28.7 Å². The van der Waals surface area contributed by atoms with Gasteiger partial charge in [0.05, 0.1) is 26.9 Å². The van der Waals surface area contributed by atoms with Gasteiger partial charge in [0.15, 0.2) is 23.0 Å². The maximum absolute atomic E-state index is 13.2. The van der Waals surface area contributed by atoms with Crippen LogP contribution in [-0.4, -0.2) is 32.4 Å². The van der Waals surface area contributed by atoms with Gasteiger partial charge in [-0.25, -0.2) is 0 Å². The zero-order chi connectivity index (χ0) is 20.4. The summed E-state index contributed by atoms with van der Waals surface area (Å²) in [6, 6.07) is 5.92. The fourth-order valence-electron chi connectivity index (χ4n) is 2.84. The SMILES string of the molecule is COc1cc(-c2coc3cc(OC)c(OC(C)=O)c(OC)c3c2=O)ccc1O. The highest BCUT2D eigenvalue weighted by Gasteiger charge is 2.23. The first-order chi connectivity index (χ1) is 13.4. The zero-order valence-electron chi connectivity index (χ0n) is 15.7. The van der Waals surface area contributed by atoms with Gasteiger partial charge in [-0.3, -0.25) is 9.59 Å². The first-order valence-corrected chi connectivity index (χ1v) is 8.17. The topological polar surface area (TPSA) is 104 Å². The number of carbonyl (C=O) groups is 1. The van der Waals surface area contributed by atoms with Crippen LogP contribution in [0, 0.1) is 0 Å². The maximum atomic E-state index is 13.2. The Morgan fingerprint density at radius 3 is 2.32 bits per heavy atom. The van der Waals surface area contributed by atoms with Gasteiger partial charge in [0.1, 0.15) is 17.2 Å². The van der Waals surface area contributed by atoms with Gasteiger partial charge in [0.2, 0.25) is 11.2 Å². The molecule has 28 heavy (non-hydrogen) atoms. The van der Waals surface area contributed by atoms with E-state index < -0.39 is 11.4 Å². The van der Waals surface area contributed by atoms with Crippen molar-refractivity contribution >= 4 is 16.9 Å². The van der Waals surface area contributed by atoms with Crippen LogP contribution in [0.3, 0.4) is 0 Å². The number of ether oxygens (including phenoxy) is 4. The molecule has 0 aliphatic rings. The molecule has 3 rings (SSSR count). The lowest BCUT2D eigenvalue weighted by Gasteiger charge is -2.14. The highest BCUT2D eigenvalue weighted by atomic mass is 16.6. The van der Waals surface area contributed by atoms with Gasteiger partial charge in [0.25, 0.3) is 0 Å². The number of aromatic hydroxyl groups is 1. The number of phenols is 1. The van der Waals surface area contributed by atoms with Crippen molar-refractivity contribution in [2.45, 2.75) is 6.92 Å². The molecule has 0 radical (unpaired) electrons. The summed E-state index contributed by atoms with van der Waals surface area (Å²) < 4.78 is 26.5. The van der Waals surface area contributed by atoms with Crippen molar-refractivity contribution in [3.8, 4) is 39.9 Å². The zero-order valence-corrected chi connectivity index (χ0v) is 15.7. The van der Waals surface area contributed by atoms with Crippen molar-refractivity contribution < 1.29 is 33.3 Å². The molecule has 1 N–H and O–H groups in total. The van der Waals surface area contributed by atoms with E-state index in [1.165, 1.54) is 52.7 Å². The van der Waals surface area contributed by atoms with Crippen molar-refractivity contribution in [1.82, 2.24) is 0 Å². The largest absolute Gasteiger partial charge is 0.504 e. The summed E-state index contributed by atoms with van der Waals surface area (Å²) in [5.41, 5.74) is 0.464. The average molecular weight is 386 g/mol. The smallest absolute Gasteiger partial charge is 0.308 e. The molecule has 0 atom stereocenters. The maximum Gasteiger partial charge on any atom is 0.308 e. The van der Waals surface area contributed by atoms with E-state index in [0.717, 1.165) is 0 Å².